The second-order valence-corrected chi connectivity index (χ2v) is 3.62. The molecule has 0 spiro atoms. The van der Waals surface area contributed by atoms with Gasteiger partial charge in [-0.15, -0.1) is 10.2 Å². The Hall–Kier alpha value is -2.97. The lowest BCUT2D eigenvalue weighted by molar-refractivity contribution is 0.0594. The van der Waals surface area contributed by atoms with Crippen LogP contribution in [0.3, 0.4) is 0 Å². The minimum Gasteiger partial charge on any atom is -0.465 e. The van der Waals surface area contributed by atoms with Crippen LogP contribution in [-0.2, 0) is 9.47 Å². The van der Waals surface area contributed by atoms with Crippen LogP contribution >= 0.6 is 0 Å². The van der Waals surface area contributed by atoms with Gasteiger partial charge >= 0.3 is 11.9 Å². The monoisotopic (exact) mass is 278 g/mol. The normalized spacial score (nSPS) is 10.1. The Balaban J connectivity index is 2.69. The second kappa shape index (κ2) is 5.34. The standard InChI is InChI=1S/C11H10N4O5/c1-19-10(17)7-3-14(15-5-12-13-6-15)4-8(9(7)16)11(18)20-2/h3-6H,1-2H3. The molecule has 0 N–H and O–H groups in total. The van der Waals surface area contributed by atoms with Crippen LogP contribution < -0.4 is 5.43 Å². The van der Waals surface area contributed by atoms with Crippen LogP contribution in [0.5, 0.6) is 0 Å². The molecule has 104 valence electrons. The number of carbonyl (C=O) groups excluding carboxylic acids is 2. The molecule has 0 fully saturated rings. The predicted octanol–water partition coefficient (Wildman–Crippen LogP) is -0.676. The molecule has 2 rings (SSSR count). The van der Waals surface area contributed by atoms with E-state index in [2.05, 4.69) is 19.7 Å². The molecule has 0 unspecified atom stereocenters. The lowest BCUT2D eigenvalue weighted by Gasteiger charge is -2.10. The summed E-state index contributed by atoms with van der Waals surface area (Å²) >= 11 is 0. The maximum atomic E-state index is 12.0. The number of carbonyl (C=O) groups is 2. The van der Waals surface area contributed by atoms with Crippen LogP contribution in [0, 0.1) is 0 Å². The van der Waals surface area contributed by atoms with Crippen molar-refractivity contribution >= 4 is 11.9 Å². The van der Waals surface area contributed by atoms with E-state index >= 15 is 0 Å². The van der Waals surface area contributed by atoms with Gasteiger partial charge in [-0.25, -0.2) is 14.3 Å². The molecule has 2 heterocycles. The first kappa shape index (κ1) is 13.5. The van der Waals surface area contributed by atoms with Crippen molar-refractivity contribution in [2.75, 3.05) is 14.2 Å². The number of esters is 2. The zero-order valence-electron chi connectivity index (χ0n) is 10.6. The number of hydrogen-bond donors (Lipinski definition) is 0. The molecule has 0 aliphatic carbocycles. The van der Waals surface area contributed by atoms with Gasteiger partial charge in [0.2, 0.25) is 5.43 Å². The lowest BCUT2D eigenvalue weighted by atomic mass is 10.2. The quantitative estimate of drug-likeness (QED) is 0.685. The Kier molecular flexibility index (Phi) is 3.60. The SMILES string of the molecule is COC(=O)c1cn(-n2cnnc2)cc(C(=O)OC)c1=O. The molecule has 0 atom stereocenters. The van der Waals surface area contributed by atoms with Crippen LogP contribution in [0.25, 0.3) is 0 Å². The molecule has 2 aromatic heterocycles. The molecule has 0 aliphatic rings. The average Bonchev–Trinajstić information content (AvgIpc) is 3.00. The molecule has 20 heavy (non-hydrogen) atoms. The maximum absolute atomic E-state index is 12.0. The Labute approximate surface area is 112 Å². The molecule has 9 heteroatoms. The molecule has 0 radical (unpaired) electrons. The fourth-order valence-electron chi connectivity index (χ4n) is 1.52. The van der Waals surface area contributed by atoms with Crippen LogP contribution in [0.1, 0.15) is 20.7 Å². The van der Waals surface area contributed by atoms with E-state index in [9.17, 15) is 14.4 Å². The molecule has 0 saturated carbocycles. The summed E-state index contributed by atoms with van der Waals surface area (Å²) in [4.78, 5) is 35.2. The predicted molar refractivity (Wildman–Crippen MR) is 64.2 cm³/mol. The fourth-order valence-corrected chi connectivity index (χ4v) is 1.52. The Bertz CT molecular complexity index is 664. The van der Waals surface area contributed by atoms with E-state index in [1.54, 1.807) is 0 Å². The van der Waals surface area contributed by atoms with Gasteiger partial charge in [-0.2, -0.15) is 0 Å². The van der Waals surface area contributed by atoms with Crippen molar-refractivity contribution in [2.24, 2.45) is 0 Å². The molecule has 0 amide bonds. The van der Waals surface area contributed by atoms with Crippen molar-refractivity contribution in [3.05, 3.63) is 46.4 Å². The summed E-state index contributed by atoms with van der Waals surface area (Å²) < 4.78 is 11.7. The first-order valence-corrected chi connectivity index (χ1v) is 5.36. The van der Waals surface area contributed by atoms with Gasteiger partial charge in [0.1, 0.15) is 23.8 Å². The molecular weight excluding hydrogens is 268 g/mol. The molecular formula is C11H10N4O5. The molecule has 2 aromatic rings. The van der Waals surface area contributed by atoms with Gasteiger partial charge in [-0.1, -0.05) is 0 Å². The van der Waals surface area contributed by atoms with Crippen LogP contribution in [-0.4, -0.2) is 45.7 Å². The van der Waals surface area contributed by atoms with Crippen LogP contribution in [0.15, 0.2) is 29.8 Å². The molecule has 0 aromatic carbocycles. The van der Waals surface area contributed by atoms with Crippen LogP contribution in [0.2, 0.25) is 0 Å². The van der Waals surface area contributed by atoms with Gasteiger partial charge in [-0.3, -0.25) is 9.47 Å². The second-order valence-electron chi connectivity index (χ2n) is 3.62. The highest BCUT2D eigenvalue weighted by Gasteiger charge is 2.20. The van der Waals surface area contributed by atoms with E-state index in [4.69, 9.17) is 0 Å². The van der Waals surface area contributed by atoms with E-state index in [0.717, 1.165) is 14.2 Å². The minimum absolute atomic E-state index is 0.302. The van der Waals surface area contributed by atoms with E-state index < -0.39 is 17.4 Å². The summed E-state index contributed by atoms with van der Waals surface area (Å²) in [5, 5.41) is 7.18. The summed E-state index contributed by atoms with van der Waals surface area (Å²) in [7, 11) is 2.27. The van der Waals surface area contributed by atoms with Crippen LogP contribution in [0.4, 0.5) is 0 Å². The van der Waals surface area contributed by atoms with Crippen molar-refractivity contribution in [1.29, 1.82) is 0 Å². The van der Waals surface area contributed by atoms with Gasteiger partial charge in [-0.05, 0) is 0 Å². The Morgan fingerprint density at radius 2 is 1.40 bits per heavy atom. The number of ether oxygens (including phenoxy) is 2. The molecule has 0 bridgehead atoms. The van der Waals surface area contributed by atoms with Crippen molar-refractivity contribution < 1.29 is 19.1 Å². The summed E-state index contributed by atoms with van der Waals surface area (Å²) in [5.41, 5.74) is -1.37. The molecule has 0 aliphatic heterocycles. The topological polar surface area (TPSA) is 105 Å². The fraction of sp³-hybridized carbons (Fsp3) is 0.182. The van der Waals surface area contributed by atoms with E-state index in [1.165, 1.54) is 34.4 Å². The highest BCUT2D eigenvalue weighted by Crippen LogP contribution is 2.02. The number of pyridine rings is 1. The number of aromatic nitrogens is 4. The number of methoxy groups -OCH3 is 2. The highest BCUT2D eigenvalue weighted by molar-refractivity contribution is 5.94. The summed E-state index contributed by atoms with van der Waals surface area (Å²) in [6.07, 6.45) is 5.08. The van der Waals surface area contributed by atoms with Crippen molar-refractivity contribution in [3.8, 4) is 0 Å². The smallest absolute Gasteiger partial charge is 0.343 e. The maximum Gasteiger partial charge on any atom is 0.343 e. The largest absolute Gasteiger partial charge is 0.465 e. The summed E-state index contributed by atoms with van der Waals surface area (Å²) in [5.74, 6) is -1.72. The van der Waals surface area contributed by atoms with Crippen molar-refractivity contribution in [2.45, 2.75) is 0 Å². The van der Waals surface area contributed by atoms with E-state index in [1.807, 2.05) is 0 Å². The third-order valence-corrected chi connectivity index (χ3v) is 2.50. The van der Waals surface area contributed by atoms with Gasteiger partial charge in [0, 0.05) is 12.4 Å². The number of nitrogens with zero attached hydrogens (tertiary/aromatic N) is 4. The van der Waals surface area contributed by atoms with E-state index in [0.29, 0.717) is 0 Å². The zero-order chi connectivity index (χ0) is 14.7. The zero-order valence-corrected chi connectivity index (χ0v) is 10.6. The number of rotatable bonds is 3. The van der Waals surface area contributed by atoms with Gasteiger partial charge < -0.3 is 9.47 Å². The van der Waals surface area contributed by atoms with Crippen molar-refractivity contribution in [1.82, 2.24) is 19.5 Å². The first-order chi connectivity index (χ1) is 9.58. The average molecular weight is 278 g/mol. The van der Waals surface area contributed by atoms with Gasteiger partial charge in [0.25, 0.3) is 0 Å². The third-order valence-electron chi connectivity index (χ3n) is 2.50. The first-order valence-electron chi connectivity index (χ1n) is 5.36. The van der Waals surface area contributed by atoms with E-state index in [-0.39, 0.29) is 11.1 Å². The summed E-state index contributed by atoms with van der Waals surface area (Å²) in [6.45, 7) is 0. The lowest BCUT2D eigenvalue weighted by Crippen LogP contribution is -2.27. The minimum atomic E-state index is -0.859. The Morgan fingerprint density at radius 3 is 1.80 bits per heavy atom. The Morgan fingerprint density at radius 1 is 0.950 bits per heavy atom. The molecule has 9 nitrogen and oxygen atoms in total. The van der Waals surface area contributed by atoms with Crippen molar-refractivity contribution in [3.63, 3.8) is 0 Å². The highest BCUT2D eigenvalue weighted by atomic mass is 16.5. The van der Waals surface area contributed by atoms with Gasteiger partial charge in [0.05, 0.1) is 14.2 Å². The number of hydrogen-bond acceptors (Lipinski definition) is 7. The molecule has 0 saturated heterocycles. The summed E-state index contributed by atoms with van der Waals surface area (Å²) in [6, 6.07) is 0. The third kappa shape index (κ3) is 2.28. The van der Waals surface area contributed by atoms with Gasteiger partial charge in [0.15, 0.2) is 0 Å².